The smallest absolute Gasteiger partial charge is 0.191 e. The molecular weight excluding hydrogens is 350 g/mol. The van der Waals surface area contributed by atoms with E-state index in [2.05, 4.69) is 32.3 Å². The van der Waals surface area contributed by atoms with Crippen molar-refractivity contribution in [2.45, 2.75) is 63.8 Å². The van der Waals surface area contributed by atoms with Crippen LogP contribution in [-0.2, 0) is 4.74 Å². The summed E-state index contributed by atoms with van der Waals surface area (Å²) < 4.78 is 5.61. The Labute approximate surface area is 172 Å². The molecular formula is C22H43N5O. The fraction of sp³-hybridized carbons (Fsp3) is 0.955. The van der Waals surface area contributed by atoms with Crippen molar-refractivity contribution >= 4 is 5.96 Å². The van der Waals surface area contributed by atoms with E-state index >= 15 is 0 Å². The summed E-state index contributed by atoms with van der Waals surface area (Å²) in [7, 11) is 1.90. The first-order valence-electron chi connectivity index (χ1n) is 11.8. The molecule has 0 spiro atoms. The molecule has 0 bridgehead atoms. The monoisotopic (exact) mass is 393 g/mol. The number of nitrogens with one attached hydrogen (secondary N) is 2. The summed E-state index contributed by atoms with van der Waals surface area (Å²) in [5, 5.41) is 7.26. The first-order valence-corrected chi connectivity index (χ1v) is 11.8. The molecule has 28 heavy (non-hydrogen) atoms. The molecule has 0 atom stereocenters. The first kappa shape index (κ1) is 21.8. The highest BCUT2D eigenvalue weighted by Crippen LogP contribution is 2.33. The van der Waals surface area contributed by atoms with Crippen molar-refractivity contribution in [3.63, 3.8) is 0 Å². The molecule has 1 saturated carbocycles. The molecule has 2 heterocycles. The maximum atomic E-state index is 5.61. The molecule has 6 heteroatoms. The quantitative estimate of drug-likeness (QED) is 0.513. The molecule has 3 fully saturated rings. The summed E-state index contributed by atoms with van der Waals surface area (Å²) in [6, 6.07) is 0. The van der Waals surface area contributed by atoms with E-state index in [-0.39, 0.29) is 5.54 Å². The number of nitrogens with zero attached hydrogens (tertiary/aromatic N) is 3. The van der Waals surface area contributed by atoms with Gasteiger partial charge in [-0.3, -0.25) is 9.89 Å². The fourth-order valence-electron chi connectivity index (χ4n) is 5.31. The van der Waals surface area contributed by atoms with Crippen LogP contribution in [0, 0.1) is 5.92 Å². The summed E-state index contributed by atoms with van der Waals surface area (Å²) >= 11 is 0. The van der Waals surface area contributed by atoms with Crippen LogP contribution in [0.3, 0.4) is 0 Å². The highest BCUT2D eigenvalue weighted by Gasteiger charge is 2.38. The third kappa shape index (κ3) is 6.07. The molecule has 0 unspecified atom stereocenters. The summed E-state index contributed by atoms with van der Waals surface area (Å²) in [6.07, 6.45) is 10.6. The molecule has 0 amide bonds. The zero-order valence-electron chi connectivity index (χ0n) is 18.3. The van der Waals surface area contributed by atoms with Gasteiger partial charge in [-0.05, 0) is 57.7 Å². The van der Waals surface area contributed by atoms with E-state index < -0.39 is 0 Å². The van der Waals surface area contributed by atoms with Gasteiger partial charge in [-0.1, -0.05) is 26.2 Å². The number of morpholine rings is 1. The van der Waals surface area contributed by atoms with E-state index in [0.717, 1.165) is 51.3 Å². The van der Waals surface area contributed by atoms with Crippen molar-refractivity contribution in [3.05, 3.63) is 0 Å². The van der Waals surface area contributed by atoms with E-state index in [9.17, 15) is 0 Å². The van der Waals surface area contributed by atoms with Crippen LogP contribution in [0.2, 0.25) is 0 Å². The highest BCUT2D eigenvalue weighted by atomic mass is 16.5. The van der Waals surface area contributed by atoms with Gasteiger partial charge >= 0.3 is 0 Å². The zero-order chi connectivity index (χ0) is 19.7. The van der Waals surface area contributed by atoms with Crippen LogP contribution in [0.5, 0.6) is 0 Å². The minimum absolute atomic E-state index is 0.284. The van der Waals surface area contributed by atoms with Gasteiger partial charge in [0.05, 0.1) is 13.2 Å². The van der Waals surface area contributed by atoms with Gasteiger partial charge in [0.1, 0.15) is 0 Å². The van der Waals surface area contributed by atoms with Gasteiger partial charge in [0.25, 0.3) is 0 Å². The summed E-state index contributed by atoms with van der Waals surface area (Å²) in [5.74, 6) is 1.84. The fourth-order valence-corrected chi connectivity index (χ4v) is 5.31. The van der Waals surface area contributed by atoms with Crippen molar-refractivity contribution in [2.75, 3.05) is 66.1 Å². The van der Waals surface area contributed by atoms with Gasteiger partial charge in [-0.15, -0.1) is 0 Å². The topological polar surface area (TPSA) is 52.1 Å². The number of rotatable bonds is 7. The average molecular weight is 394 g/mol. The Kier molecular flexibility index (Phi) is 8.87. The van der Waals surface area contributed by atoms with E-state index in [1.165, 1.54) is 71.0 Å². The molecule has 1 aliphatic carbocycles. The standard InChI is InChI=1S/C22H43N5O/c1-3-26-13-8-20(9-14-26)7-12-24-21(23-2)25-19-22(10-5-4-6-11-22)27-15-17-28-18-16-27/h20H,3-19H2,1-2H3,(H2,23,24,25). The third-order valence-corrected chi connectivity index (χ3v) is 7.27. The lowest BCUT2D eigenvalue weighted by molar-refractivity contribution is -0.0352. The van der Waals surface area contributed by atoms with Crippen LogP contribution in [0.4, 0.5) is 0 Å². The number of piperidine rings is 1. The second-order valence-electron chi connectivity index (χ2n) is 8.90. The maximum absolute atomic E-state index is 5.61. The Hall–Kier alpha value is -0.850. The number of likely N-dealkylation sites (tertiary alicyclic amines) is 1. The molecule has 0 radical (unpaired) electrons. The molecule has 2 saturated heterocycles. The Bertz CT molecular complexity index is 464. The molecule has 2 aliphatic heterocycles. The summed E-state index contributed by atoms with van der Waals surface area (Å²) in [4.78, 5) is 9.76. The van der Waals surface area contributed by atoms with Crippen LogP contribution in [0.1, 0.15) is 58.3 Å². The second-order valence-corrected chi connectivity index (χ2v) is 8.90. The van der Waals surface area contributed by atoms with Crippen LogP contribution >= 0.6 is 0 Å². The molecule has 0 aromatic heterocycles. The molecule has 6 nitrogen and oxygen atoms in total. The lowest BCUT2D eigenvalue weighted by Gasteiger charge is -2.48. The Morgan fingerprint density at radius 3 is 2.39 bits per heavy atom. The third-order valence-electron chi connectivity index (χ3n) is 7.27. The van der Waals surface area contributed by atoms with E-state index in [1.807, 2.05) is 7.05 Å². The second kappa shape index (κ2) is 11.4. The first-order chi connectivity index (χ1) is 13.8. The summed E-state index contributed by atoms with van der Waals surface area (Å²) in [5.41, 5.74) is 0.284. The van der Waals surface area contributed by atoms with Gasteiger partial charge < -0.3 is 20.3 Å². The molecule has 0 aromatic carbocycles. The Morgan fingerprint density at radius 1 is 1.04 bits per heavy atom. The normalized spacial score (nSPS) is 25.6. The van der Waals surface area contributed by atoms with Crippen molar-refractivity contribution in [1.82, 2.24) is 20.4 Å². The van der Waals surface area contributed by atoms with Gasteiger partial charge in [0.2, 0.25) is 0 Å². The van der Waals surface area contributed by atoms with Crippen LogP contribution in [-0.4, -0.2) is 87.4 Å². The SMILES string of the molecule is CCN1CCC(CCNC(=NC)NCC2(N3CCOCC3)CCCCC2)CC1. The Morgan fingerprint density at radius 2 is 1.75 bits per heavy atom. The van der Waals surface area contributed by atoms with Crippen molar-refractivity contribution in [2.24, 2.45) is 10.9 Å². The van der Waals surface area contributed by atoms with E-state index in [1.54, 1.807) is 0 Å². The number of guanidine groups is 1. The Balaban J connectivity index is 1.43. The highest BCUT2D eigenvalue weighted by molar-refractivity contribution is 5.79. The van der Waals surface area contributed by atoms with Gasteiger partial charge in [-0.2, -0.15) is 0 Å². The van der Waals surface area contributed by atoms with Crippen LogP contribution < -0.4 is 10.6 Å². The van der Waals surface area contributed by atoms with Crippen LogP contribution in [0.25, 0.3) is 0 Å². The van der Waals surface area contributed by atoms with Crippen molar-refractivity contribution in [1.29, 1.82) is 0 Å². The largest absolute Gasteiger partial charge is 0.379 e. The van der Waals surface area contributed by atoms with Gasteiger partial charge in [0, 0.05) is 38.8 Å². The minimum Gasteiger partial charge on any atom is -0.379 e. The lowest BCUT2D eigenvalue weighted by Crippen LogP contribution is -2.60. The lowest BCUT2D eigenvalue weighted by atomic mass is 9.80. The van der Waals surface area contributed by atoms with Gasteiger partial charge in [-0.25, -0.2) is 0 Å². The van der Waals surface area contributed by atoms with Crippen molar-refractivity contribution in [3.8, 4) is 0 Å². The number of hydrogen-bond acceptors (Lipinski definition) is 4. The molecule has 3 rings (SSSR count). The molecule has 0 aromatic rings. The van der Waals surface area contributed by atoms with E-state index in [4.69, 9.17) is 4.74 Å². The van der Waals surface area contributed by atoms with Crippen LogP contribution in [0.15, 0.2) is 4.99 Å². The van der Waals surface area contributed by atoms with Gasteiger partial charge in [0.15, 0.2) is 5.96 Å². The molecule has 3 aliphatic rings. The average Bonchev–Trinajstić information content (AvgIpc) is 2.78. The predicted octanol–water partition coefficient (Wildman–Crippen LogP) is 2.31. The minimum atomic E-state index is 0.284. The predicted molar refractivity (Wildman–Crippen MR) is 117 cm³/mol. The number of aliphatic imine (C=N–C) groups is 1. The summed E-state index contributed by atoms with van der Waals surface area (Å²) in [6.45, 7) is 12.0. The zero-order valence-corrected chi connectivity index (χ0v) is 18.3. The maximum Gasteiger partial charge on any atom is 0.191 e. The molecule has 162 valence electrons. The number of hydrogen-bond donors (Lipinski definition) is 2. The van der Waals surface area contributed by atoms with Crippen molar-refractivity contribution < 1.29 is 4.74 Å². The molecule has 2 N–H and O–H groups in total. The number of ether oxygens (including phenoxy) is 1. The van der Waals surface area contributed by atoms with E-state index in [0.29, 0.717) is 0 Å².